The Hall–Kier alpha value is -4.38. The average Bonchev–Trinajstić information content (AvgIpc) is 3.54. The Kier molecular flexibility index (Phi) is 4.97. The fraction of sp³-hybridized carbons (Fsp3) is 0.160. The van der Waals surface area contributed by atoms with Crippen LogP contribution in [-0.2, 0) is 21.4 Å². The largest absolute Gasteiger partial charge is 0.493 e. The SMILES string of the molecule is COc1cc(CN2C(C(=O)O)=C(c3ccc4c(c3)OCO4)c3ccccc3S2(=O)=O)cc2c1OCO2. The number of nitrogens with zero attached hydrogens (tertiary/aromatic N) is 1. The van der Waals surface area contributed by atoms with E-state index in [2.05, 4.69) is 0 Å². The maximum absolute atomic E-state index is 13.8. The minimum Gasteiger partial charge on any atom is -0.493 e. The summed E-state index contributed by atoms with van der Waals surface area (Å²) >= 11 is 0. The van der Waals surface area contributed by atoms with Crippen LogP contribution in [-0.4, -0.2) is 44.5 Å². The third-order valence-electron chi connectivity index (χ3n) is 6.12. The molecular weight excluding hydrogens is 490 g/mol. The van der Waals surface area contributed by atoms with Crippen molar-refractivity contribution in [3.63, 3.8) is 0 Å². The third kappa shape index (κ3) is 3.31. The molecule has 0 atom stereocenters. The smallest absolute Gasteiger partial charge is 0.353 e. The van der Waals surface area contributed by atoms with Crippen molar-refractivity contribution in [2.24, 2.45) is 0 Å². The monoisotopic (exact) mass is 509 g/mol. The maximum atomic E-state index is 13.8. The van der Waals surface area contributed by atoms with Gasteiger partial charge in [0.25, 0.3) is 10.0 Å². The summed E-state index contributed by atoms with van der Waals surface area (Å²) in [4.78, 5) is 12.7. The average molecular weight is 509 g/mol. The molecule has 0 aliphatic carbocycles. The minimum absolute atomic E-state index is 0.000917. The first-order chi connectivity index (χ1) is 17.4. The number of sulfonamides is 1. The molecule has 3 heterocycles. The first kappa shape index (κ1) is 22.1. The summed E-state index contributed by atoms with van der Waals surface area (Å²) in [5.41, 5.74) is 1.09. The number of methoxy groups -OCH3 is 1. The molecule has 6 rings (SSSR count). The van der Waals surface area contributed by atoms with Gasteiger partial charge in [0.2, 0.25) is 19.3 Å². The molecule has 0 fully saturated rings. The summed E-state index contributed by atoms with van der Waals surface area (Å²) in [6, 6.07) is 14.5. The van der Waals surface area contributed by atoms with Gasteiger partial charge in [-0.3, -0.25) is 4.31 Å². The molecule has 0 amide bonds. The molecule has 0 spiro atoms. The Morgan fingerprint density at radius 3 is 2.53 bits per heavy atom. The lowest BCUT2D eigenvalue weighted by Crippen LogP contribution is -2.37. The lowest BCUT2D eigenvalue weighted by Gasteiger charge is -2.32. The Morgan fingerprint density at radius 2 is 1.72 bits per heavy atom. The van der Waals surface area contributed by atoms with Crippen molar-refractivity contribution in [2.45, 2.75) is 11.4 Å². The first-order valence-corrected chi connectivity index (χ1v) is 12.3. The van der Waals surface area contributed by atoms with E-state index in [-0.39, 0.29) is 41.9 Å². The normalized spacial score (nSPS) is 16.6. The molecule has 0 saturated carbocycles. The van der Waals surface area contributed by atoms with E-state index in [1.165, 1.54) is 13.2 Å². The summed E-state index contributed by atoms with van der Waals surface area (Å²) in [6.45, 7) is -0.231. The predicted molar refractivity (Wildman–Crippen MR) is 125 cm³/mol. The Bertz CT molecular complexity index is 1560. The van der Waals surface area contributed by atoms with Gasteiger partial charge in [-0.15, -0.1) is 0 Å². The number of aliphatic carboxylic acids is 1. The molecule has 10 nitrogen and oxygen atoms in total. The van der Waals surface area contributed by atoms with Gasteiger partial charge in [-0.25, -0.2) is 13.2 Å². The van der Waals surface area contributed by atoms with E-state index < -0.39 is 16.0 Å². The van der Waals surface area contributed by atoms with Crippen LogP contribution in [0.25, 0.3) is 5.57 Å². The Balaban J connectivity index is 1.57. The lowest BCUT2D eigenvalue weighted by molar-refractivity contribution is -0.133. The molecule has 0 unspecified atom stereocenters. The second-order valence-electron chi connectivity index (χ2n) is 8.14. The van der Waals surface area contributed by atoms with Gasteiger partial charge in [0, 0.05) is 11.1 Å². The highest BCUT2D eigenvalue weighted by molar-refractivity contribution is 7.89. The number of rotatable bonds is 5. The highest BCUT2D eigenvalue weighted by atomic mass is 32.2. The zero-order valence-corrected chi connectivity index (χ0v) is 19.7. The maximum Gasteiger partial charge on any atom is 0.353 e. The number of carboxylic acids is 1. The van der Waals surface area contributed by atoms with Crippen LogP contribution in [0.2, 0.25) is 0 Å². The van der Waals surface area contributed by atoms with Crippen molar-refractivity contribution in [3.8, 4) is 28.7 Å². The van der Waals surface area contributed by atoms with Crippen LogP contribution in [0.4, 0.5) is 0 Å². The van der Waals surface area contributed by atoms with Crippen LogP contribution in [0.5, 0.6) is 28.7 Å². The van der Waals surface area contributed by atoms with Crippen LogP contribution < -0.4 is 23.7 Å². The van der Waals surface area contributed by atoms with Crippen molar-refractivity contribution in [1.82, 2.24) is 4.31 Å². The standard InChI is InChI=1S/C25H19NO9S/c1-31-19-8-14(9-20-24(19)35-13-34-20)11-26-23(25(27)28)22(15-6-7-17-18(10-15)33-12-32-17)16-4-2-3-5-21(16)36(26,29)30/h2-10H,11-13H2,1H3,(H,27,28). The second kappa shape index (κ2) is 8.09. The Morgan fingerprint density at radius 1 is 0.972 bits per heavy atom. The molecule has 3 aromatic rings. The number of carbonyl (C=O) groups is 1. The number of ether oxygens (including phenoxy) is 5. The molecule has 1 N–H and O–H groups in total. The van der Waals surface area contributed by atoms with E-state index in [9.17, 15) is 18.3 Å². The molecular formula is C25H19NO9S. The number of hydrogen-bond acceptors (Lipinski definition) is 8. The van der Waals surface area contributed by atoms with Crippen molar-refractivity contribution >= 4 is 21.6 Å². The molecule has 0 radical (unpaired) electrons. The quantitative estimate of drug-likeness (QED) is 0.553. The lowest BCUT2D eigenvalue weighted by atomic mass is 9.94. The molecule has 3 aliphatic heterocycles. The zero-order valence-electron chi connectivity index (χ0n) is 18.9. The molecule has 0 bridgehead atoms. The van der Waals surface area contributed by atoms with Crippen molar-refractivity contribution in [2.75, 3.05) is 20.7 Å². The number of carboxylic acid groups (broad SMARTS) is 1. The van der Waals surface area contributed by atoms with Gasteiger partial charge >= 0.3 is 5.97 Å². The molecule has 11 heteroatoms. The van der Waals surface area contributed by atoms with Gasteiger partial charge in [0.1, 0.15) is 5.70 Å². The van der Waals surface area contributed by atoms with Gasteiger partial charge in [0.15, 0.2) is 23.0 Å². The van der Waals surface area contributed by atoms with Crippen LogP contribution in [0, 0.1) is 0 Å². The zero-order chi connectivity index (χ0) is 25.0. The van der Waals surface area contributed by atoms with Gasteiger partial charge < -0.3 is 28.8 Å². The van der Waals surface area contributed by atoms with Crippen molar-refractivity contribution < 1.29 is 42.0 Å². The van der Waals surface area contributed by atoms with E-state index in [0.717, 1.165) is 4.31 Å². The van der Waals surface area contributed by atoms with Crippen LogP contribution in [0.1, 0.15) is 16.7 Å². The predicted octanol–water partition coefficient (Wildman–Crippen LogP) is 3.20. The summed E-state index contributed by atoms with van der Waals surface area (Å²) in [5.74, 6) is 0.722. The van der Waals surface area contributed by atoms with Crippen molar-refractivity contribution in [3.05, 3.63) is 77.0 Å². The highest BCUT2D eigenvalue weighted by Gasteiger charge is 2.41. The molecule has 36 heavy (non-hydrogen) atoms. The molecule has 3 aliphatic rings. The van der Waals surface area contributed by atoms with Gasteiger partial charge in [0.05, 0.1) is 18.6 Å². The molecule has 184 valence electrons. The molecule has 0 saturated heterocycles. The third-order valence-corrected chi connectivity index (χ3v) is 7.92. The number of hydrogen-bond donors (Lipinski definition) is 1. The summed E-state index contributed by atoms with van der Waals surface area (Å²) in [7, 11) is -2.78. The van der Waals surface area contributed by atoms with Gasteiger partial charge in [-0.2, -0.15) is 0 Å². The van der Waals surface area contributed by atoms with Crippen LogP contribution in [0.3, 0.4) is 0 Å². The topological polar surface area (TPSA) is 121 Å². The van der Waals surface area contributed by atoms with Crippen LogP contribution in [0.15, 0.2) is 65.2 Å². The second-order valence-corrected chi connectivity index (χ2v) is 9.97. The van der Waals surface area contributed by atoms with Crippen molar-refractivity contribution in [1.29, 1.82) is 0 Å². The number of fused-ring (bicyclic) bond motifs is 3. The highest BCUT2D eigenvalue weighted by Crippen LogP contribution is 2.46. The summed E-state index contributed by atoms with van der Waals surface area (Å²) in [5, 5.41) is 10.3. The van der Waals surface area contributed by atoms with E-state index in [1.807, 2.05) is 0 Å². The first-order valence-electron chi connectivity index (χ1n) is 10.8. The van der Waals surface area contributed by atoms with E-state index in [0.29, 0.717) is 39.9 Å². The van der Waals surface area contributed by atoms with E-state index in [4.69, 9.17) is 23.7 Å². The van der Waals surface area contributed by atoms with Crippen LogP contribution >= 0.6 is 0 Å². The fourth-order valence-electron chi connectivity index (χ4n) is 4.55. The number of benzene rings is 3. The fourth-order valence-corrected chi connectivity index (χ4v) is 6.22. The van der Waals surface area contributed by atoms with Gasteiger partial charge in [-0.1, -0.05) is 24.3 Å². The van der Waals surface area contributed by atoms with E-state index in [1.54, 1.807) is 48.5 Å². The van der Waals surface area contributed by atoms with E-state index >= 15 is 0 Å². The van der Waals surface area contributed by atoms with Gasteiger partial charge in [-0.05, 0) is 41.5 Å². The molecule has 3 aromatic carbocycles. The summed E-state index contributed by atoms with van der Waals surface area (Å²) < 4.78 is 55.6. The molecule has 0 aromatic heterocycles. The minimum atomic E-state index is -4.24. The summed E-state index contributed by atoms with van der Waals surface area (Å²) in [6.07, 6.45) is 0. The Labute approximate surface area is 205 Å².